The molecule has 0 aliphatic carbocycles. The molecule has 0 radical (unpaired) electrons. The van der Waals surface area contributed by atoms with Crippen molar-refractivity contribution in [3.05, 3.63) is 22.4 Å². The Morgan fingerprint density at radius 3 is 2.92 bits per heavy atom. The van der Waals surface area contributed by atoms with Crippen molar-refractivity contribution in [3.8, 4) is 0 Å². The van der Waals surface area contributed by atoms with Crippen molar-refractivity contribution in [1.82, 2.24) is 4.90 Å². The second-order valence-electron chi connectivity index (χ2n) is 3.32. The molecule has 1 aromatic heterocycles. The first-order valence-corrected chi connectivity index (χ1v) is 5.14. The van der Waals surface area contributed by atoms with Crippen LogP contribution in [-0.4, -0.2) is 23.9 Å². The summed E-state index contributed by atoms with van der Waals surface area (Å²) in [7, 11) is 1.82. The van der Waals surface area contributed by atoms with E-state index in [1.54, 1.807) is 16.2 Å². The van der Waals surface area contributed by atoms with Crippen LogP contribution in [0.3, 0.4) is 0 Å². The average molecular weight is 196 g/mol. The van der Waals surface area contributed by atoms with Crippen molar-refractivity contribution in [3.63, 3.8) is 0 Å². The third kappa shape index (κ3) is 1.36. The minimum Gasteiger partial charge on any atom is -0.336 e. The Morgan fingerprint density at radius 1 is 1.69 bits per heavy atom. The zero-order valence-corrected chi connectivity index (χ0v) is 8.25. The van der Waals surface area contributed by atoms with Gasteiger partial charge in [0.15, 0.2) is 0 Å². The van der Waals surface area contributed by atoms with Gasteiger partial charge in [-0.15, -0.1) is 11.3 Å². The van der Waals surface area contributed by atoms with Crippen LogP contribution in [0.2, 0.25) is 0 Å². The van der Waals surface area contributed by atoms with E-state index in [0.717, 1.165) is 6.42 Å². The Kier molecular flexibility index (Phi) is 2.09. The number of hydrogen-bond donors (Lipinski definition) is 1. The van der Waals surface area contributed by atoms with E-state index in [9.17, 15) is 4.79 Å². The molecule has 70 valence electrons. The van der Waals surface area contributed by atoms with Crippen molar-refractivity contribution in [2.75, 3.05) is 7.05 Å². The van der Waals surface area contributed by atoms with Crippen LogP contribution < -0.4 is 5.73 Å². The molecule has 1 aliphatic rings. The number of nitrogens with zero attached hydrogens (tertiary/aromatic N) is 1. The summed E-state index contributed by atoms with van der Waals surface area (Å²) < 4.78 is 0. The molecule has 1 aliphatic heterocycles. The molecule has 0 spiro atoms. The lowest BCUT2D eigenvalue weighted by atomic mass is 10.1. The van der Waals surface area contributed by atoms with Gasteiger partial charge in [0.2, 0.25) is 5.91 Å². The Bertz CT molecular complexity index is 309. The molecule has 2 heterocycles. The number of likely N-dealkylation sites (tertiary alicyclic amines) is 1. The Morgan fingerprint density at radius 2 is 2.46 bits per heavy atom. The summed E-state index contributed by atoms with van der Waals surface area (Å²) in [5, 5.41) is 2.03. The summed E-state index contributed by atoms with van der Waals surface area (Å²) in [5.41, 5.74) is 5.68. The first-order chi connectivity index (χ1) is 6.20. The van der Waals surface area contributed by atoms with E-state index in [4.69, 9.17) is 5.73 Å². The van der Waals surface area contributed by atoms with E-state index in [0.29, 0.717) is 0 Å². The van der Waals surface area contributed by atoms with Crippen LogP contribution in [0.1, 0.15) is 17.3 Å². The zero-order chi connectivity index (χ0) is 9.42. The van der Waals surface area contributed by atoms with E-state index < -0.39 is 0 Å². The molecule has 1 fully saturated rings. The van der Waals surface area contributed by atoms with Crippen molar-refractivity contribution < 1.29 is 4.79 Å². The topological polar surface area (TPSA) is 46.3 Å². The van der Waals surface area contributed by atoms with Crippen molar-refractivity contribution >= 4 is 17.2 Å². The smallest absolute Gasteiger partial charge is 0.239 e. The Hall–Kier alpha value is -0.870. The van der Waals surface area contributed by atoms with E-state index >= 15 is 0 Å². The number of carbonyl (C=O) groups excluding carboxylic acids is 1. The number of nitrogens with two attached hydrogens (primary N) is 1. The molecule has 1 aromatic rings. The molecule has 0 saturated carbocycles. The van der Waals surface area contributed by atoms with Crippen LogP contribution in [0.5, 0.6) is 0 Å². The highest BCUT2D eigenvalue weighted by Gasteiger charge is 2.35. The summed E-state index contributed by atoms with van der Waals surface area (Å²) in [4.78, 5) is 14.4. The maximum Gasteiger partial charge on any atom is 0.239 e. The maximum absolute atomic E-state index is 11.4. The fraction of sp³-hybridized carbons (Fsp3) is 0.444. The van der Waals surface area contributed by atoms with Gasteiger partial charge in [-0.1, -0.05) is 6.07 Å². The molecular weight excluding hydrogens is 184 g/mol. The first kappa shape index (κ1) is 8.72. The molecular formula is C9H12N2OS. The molecule has 4 heteroatoms. The van der Waals surface area contributed by atoms with Gasteiger partial charge in [-0.25, -0.2) is 0 Å². The van der Waals surface area contributed by atoms with E-state index in [-0.39, 0.29) is 18.0 Å². The summed E-state index contributed by atoms with van der Waals surface area (Å²) in [6.45, 7) is 0. The largest absolute Gasteiger partial charge is 0.336 e. The Labute approximate surface area is 81.2 Å². The zero-order valence-electron chi connectivity index (χ0n) is 7.43. The second kappa shape index (κ2) is 3.12. The maximum atomic E-state index is 11.4. The van der Waals surface area contributed by atoms with Gasteiger partial charge in [-0.05, 0) is 17.9 Å². The van der Waals surface area contributed by atoms with Crippen molar-refractivity contribution in [2.45, 2.75) is 18.5 Å². The van der Waals surface area contributed by atoms with E-state index in [1.807, 2.05) is 18.5 Å². The lowest BCUT2D eigenvalue weighted by molar-refractivity contribution is -0.128. The molecule has 3 nitrogen and oxygen atoms in total. The molecule has 0 bridgehead atoms. The first-order valence-electron chi connectivity index (χ1n) is 4.26. The Balaban J connectivity index is 2.23. The lowest BCUT2D eigenvalue weighted by Crippen LogP contribution is -2.31. The van der Waals surface area contributed by atoms with Gasteiger partial charge in [-0.2, -0.15) is 0 Å². The quantitative estimate of drug-likeness (QED) is 0.727. The molecule has 1 saturated heterocycles. The summed E-state index contributed by atoms with van der Waals surface area (Å²) in [6.07, 6.45) is 0.746. The average Bonchev–Trinajstić information content (AvgIpc) is 2.70. The lowest BCUT2D eigenvalue weighted by Gasteiger charge is -2.17. The predicted octanol–water partition coefficient (Wildman–Crippen LogP) is 0.979. The number of hydrogen-bond acceptors (Lipinski definition) is 3. The fourth-order valence-corrected chi connectivity index (χ4v) is 2.59. The van der Waals surface area contributed by atoms with Crippen LogP contribution >= 0.6 is 11.3 Å². The van der Waals surface area contributed by atoms with Crippen LogP contribution in [0.15, 0.2) is 17.5 Å². The van der Waals surface area contributed by atoms with Crippen LogP contribution in [0.4, 0.5) is 0 Å². The van der Waals surface area contributed by atoms with Crippen LogP contribution in [0.25, 0.3) is 0 Å². The minimum atomic E-state index is -0.308. The van der Waals surface area contributed by atoms with Gasteiger partial charge in [0.1, 0.15) is 0 Å². The van der Waals surface area contributed by atoms with Gasteiger partial charge in [0.05, 0.1) is 12.1 Å². The summed E-state index contributed by atoms with van der Waals surface area (Å²) >= 11 is 1.68. The molecule has 13 heavy (non-hydrogen) atoms. The third-order valence-corrected chi connectivity index (χ3v) is 3.45. The molecule has 0 aromatic carbocycles. The summed E-state index contributed by atoms with van der Waals surface area (Å²) in [5.74, 6) is 0.0541. The van der Waals surface area contributed by atoms with E-state index in [2.05, 4.69) is 6.07 Å². The highest BCUT2D eigenvalue weighted by molar-refractivity contribution is 7.10. The van der Waals surface area contributed by atoms with Crippen LogP contribution in [-0.2, 0) is 4.79 Å². The number of carbonyl (C=O) groups is 1. The second-order valence-corrected chi connectivity index (χ2v) is 4.30. The standard InChI is InChI=1S/C9H12N2OS/c1-11-7(5-6(10)9(11)12)8-3-2-4-13-8/h2-4,6-7H,5,10H2,1H3/t6-,7+/m1/s1. The number of likely N-dealkylation sites (N-methyl/N-ethyl adjacent to an activating group) is 1. The third-order valence-electron chi connectivity index (χ3n) is 2.48. The van der Waals surface area contributed by atoms with Gasteiger partial charge in [0, 0.05) is 11.9 Å². The SMILES string of the molecule is CN1C(=O)[C@H](N)C[C@H]1c1cccs1. The molecule has 2 rings (SSSR count). The number of rotatable bonds is 1. The van der Waals surface area contributed by atoms with E-state index in [1.165, 1.54) is 4.88 Å². The highest BCUT2D eigenvalue weighted by Crippen LogP contribution is 2.33. The molecule has 2 atom stereocenters. The van der Waals surface area contributed by atoms with Gasteiger partial charge in [-0.3, -0.25) is 4.79 Å². The normalized spacial score (nSPS) is 28.5. The van der Waals surface area contributed by atoms with Crippen molar-refractivity contribution in [1.29, 1.82) is 0 Å². The number of thiophene rings is 1. The van der Waals surface area contributed by atoms with Crippen molar-refractivity contribution in [2.24, 2.45) is 5.73 Å². The number of amides is 1. The summed E-state index contributed by atoms with van der Waals surface area (Å²) in [6, 6.07) is 3.94. The van der Waals surface area contributed by atoms with Gasteiger partial charge in [0.25, 0.3) is 0 Å². The van der Waals surface area contributed by atoms with Gasteiger partial charge < -0.3 is 10.6 Å². The van der Waals surface area contributed by atoms with Crippen LogP contribution in [0, 0.1) is 0 Å². The van der Waals surface area contributed by atoms with Gasteiger partial charge >= 0.3 is 0 Å². The minimum absolute atomic E-state index is 0.0541. The molecule has 2 N–H and O–H groups in total. The highest BCUT2D eigenvalue weighted by atomic mass is 32.1. The molecule has 1 amide bonds. The fourth-order valence-electron chi connectivity index (χ4n) is 1.70. The predicted molar refractivity (Wildman–Crippen MR) is 52.4 cm³/mol. The molecule has 0 unspecified atom stereocenters. The monoisotopic (exact) mass is 196 g/mol.